The molecule has 1 aliphatic heterocycles. The summed E-state index contributed by atoms with van der Waals surface area (Å²) >= 11 is 0. The minimum atomic E-state index is -0.391. The maximum absolute atomic E-state index is 12.0. The normalized spacial score (nSPS) is 23.4. The Hall–Kier alpha value is -0.770. The number of rotatable bonds is 1. The van der Waals surface area contributed by atoms with Crippen LogP contribution < -0.4 is 0 Å². The van der Waals surface area contributed by atoms with Gasteiger partial charge in [0.2, 0.25) is 0 Å². The summed E-state index contributed by atoms with van der Waals surface area (Å²) in [4.78, 5) is 16.4. The van der Waals surface area contributed by atoms with Gasteiger partial charge in [0, 0.05) is 32.2 Å². The molecule has 19 heavy (non-hydrogen) atoms. The highest BCUT2D eigenvalue weighted by atomic mass is 16.6. The zero-order chi connectivity index (χ0) is 13.9. The van der Waals surface area contributed by atoms with Crippen LogP contribution >= 0.6 is 0 Å². The number of hydrogen-bond acceptors (Lipinski definition) is 3. The number of carbonyl (C=O) groups is 1. The lowest BCUT2D eigenvalue weighted by Crippen LogP contribution is -2.53. The molecule has 4 heteroatoms. The van der Waals surface area contributed by atoms with Crippen LogP contribution in [0.5, 0.6) is 0 Å². The molecule has 0 atom stereocenters. The van der Waals surface area contributed by atoms with Crippen LogP contribution in [0.2, 0.25) is 0 Å². The molecule has 1 aliphatic carbocycles. The van der Waals surface area contributed by atoms with E-state index in [-0.39, 0.29) is 6.09 Å². The van der Waals surface area contributed by atoms with Crippen LogP contribution in [0.4, 0.5) is 4.79 Å². The minimum absolute atomic E-state index is 0.157. The number of carbonyl (C=O) groups excluding carboxylic acids is 1. The second-order valence-corrected chi connectivity index (χ2v) is 6.80. The van der Waals surface area contributed by atoms with Gasteiger partial charge in [-0.3, -0.25) is 4.90 Å². The fourth-order valence-electron chi connectivity index (χ4n) is 3.04. The molecule has 0 bridgehead atoms. The highest BCUT2D eigenvalue weighted by Crippen LogP contribution is 2.23. The average molecular weight is 268 g/mol. The SMILES string of the molecule is CC(C)(C)OC(=O)N1CCN(C2CCCCC2)CC1. The van der Waals surface area contributed by atoms with Crippen molar-refractivity contribution in [2.75, 3.05) is 26.2 Å². The van der Waals surface area contributed by atoms with E-state index in [9.17, 15) is 4.79 Å². The Morgan fingerprint density at radius 3 is 2.11 bits per heavy atom. The Bertz CT molecular complexity index is 298. The summed E-state index contributed by atoms with van der Waals surface area (Å²) in [5, 5.41) is 0. The quantitative estimate of drug-likeness (QED) is 0.733. The van der Waals surface area contributed by atoms with Crippen molar-refractivity contribution in [2.24, 2.45) is 0 Å². The van der Waals surface area contributed by atoms with Crippen molar-refractivity contribution in [3.8, 4) is 0 Å². The van der Waals surface area contributed by atoms with Crippen LogP contribution in [0.3, 0.4) is 0 Å². The summed E-state index contributed by atoms with van der Waals surface area (Å²) in [5.74, 6) is 0. The highest BCUT2D eigenvalue weighted by molar-refractivity contribution is 5.68. The minimum Gasteiger partial charge on any atom is -0.444 e. The molecule has 0 N–H and O–H groups in total. The molecular weight excluding hydrogens is 240 g/mol. The average Bonchev–Trinajstić information content (AvgIpc) is 2.38. The predicted octanol–water partition coefficient (Wildman–Crippen LogP) is 2.87. The van der Waals surface area contributed by atoms with Gasteiger partial charge in [0.15, 0.2) is 0 Å². The predicted molar refractivity (Wildman–Crippen MR) is 76.3 cm³/mol. The van der Waals surface area contributed by atoms with Crippen molar-refractivity contribution in [3.05, 3.63) is 0 Å². The van der Waals surface area contributed by atoms with Crippen molar-refractivity contribution in [1.29, 1.82) is 0 Å². The Labute approximate surface area is 117 Å². The first-order valence-corrected chi connectivity index (χ1v) is 7.68. The van der Waals surface area contributed by atoms with Gasteiger partial charge in [0.25, 0.3) is 0 Å². The van der Waals surface area contributed by atoms with E-state index in [1.807, 2.05) is 25.7 Å². The lowest BCUT2D eigenvalue weighted by Gasteiger charge is -2.40. The van der Waals surface area contributed by atoms with Crippen LogP contribution in [-0.2, 0) is 4.74 Å². The molecule has 1 heterocycles. The maximum Gasteiger partial charge on any atom is 0.410 e. The summed E-state index contributed by atoms with van der Waals surface area (Å²) in [5.41, 5.74) is -0.391. The van der Waals surface area contributed by atoms with E-state index >= 15 is 0 Å². The van der Waals surface area contributed by atoms with Crippen molar-refractivity contribution >= 4 is 6.09 Å². The molecule has 1 saturated carbocycles. The molecule has 2 aliphatic rings. The van der Waals surface area contributed by atoms with E-state index in [2.05, 4.69) is 4.90 Å². The fraction of sp³-hybridized carbons (Fsp3) is 0.933. The third-order valence-electron chi connectivity index (χ3n) is 4.06. The number of piperazine rings is 1. The van der Waals surface area contributed by atoms with Gasteiger partial charge < -0.3 is 9.64 Å². The van der Waals surface area contributed by atoms with Gasteiger partial charge in [0.05, 0.1) is 0 Å². The van der Waals surface area contributed by atoms with Crippen molar-refractivity contribution in [1.82, 2.24) is 9.80 Å². The second kappa shape index (κ2) is 6.12. The molecule has 1 saturated heterocycles. The molecule has 0 aromatic heterocycles. The van der Waals surface area contributed by atoms with E-state index < -0.39 is 5.60 Å². The van der Waals surface area contributed by atoms with Gasteiger partial charge >= 0.3 is 6.09 Å². The summed E-state index contributed by atoms with van der Waals surface area (Å²) in [6.45, 7) is 9.39. The summed E-state index contributed by atoms with van der Waals surface area (Å²) in [6, 6.07) is 0.759. The Balaban J connectivity index is 1.77. The van der Waals surface area contributed by atoms with Gasteiger partial charge in [0.1, 0.15) is 5.60 Å². The van der Waals surface area contributed by atoms with Gasteiger partial charge in [-0.1, -0.05) is 19.3 Å². The van der Waals surface area contributed by atoms with Crippen LogP contribution in [0.15, 0.2) is 0 Å². The van der Waals surface area contributed by atoms with E-state index in [1.165, 1.54) is 32.1 Å². The van der Waals surface area contributed by atoms with Crippen molar-refractivity contribution in [3.63, 3.8) is 0 Å². The highest BCUT2D eigenvalue weighted by Gasteiger charge is 2.29. The van der Waals surface area contributed by atoms with Crippen LogP contribution in [0.1, 0.15) is 52.9 Å². The Morgan fingerprint density at radius 1 is 1.00 bits per heavy atom. The molecule has 0 aromatic carbocycles. The molecular formula is C15H28N2O2. The van der Waals surface area contributed by atoms with Gasteiger partial charge in [-0.15, -0.1) is 0 Å². The van der Waals surface area contributed by atoms with Crippen LogP contribution in [0, 0.1) is 0 Å². The molecule has 4 nitrogen and oxygen atoms in total. The van der Waals surface area contributed by atoms with E-state index in [0.717, 1.165) is 32.2 Å². The smallest absolute Gasteiger partial charge is 0.410 e. The first-order valence-electron chi connectivity index (χ1n) is 7.68. The Kier molecular flexibility index (Phi) is 4.71. The van der Waals surface area contributed by atoms with Crippen molar-refractivity contribution < 1.29 is 9.53 Å². The Morgan fingerprint density at radius 2 is 1.58 bits per heavy atom. The zero-order valence-corrected chi connectivity index (χ0v) is 12.7. The fourth-order valence-corrected chi connectivity index (χ4v) is 3.04. The second-order valence-electron chi connectivity index (χ2n) is 6.80. The number of amides is 1. The van der Waals surface area contributed by atoms with Crippen LogP contribution in [0.25, 0.3) is 0 Å². The zero-order valence-electron chi connectivity index (χ0n) is 12.7. The lowest BCUT2D eigenvalue weighted by atomic mass is 9.94. The molecule has 0 radical (unpaired) electrons. The topological polar surface area (TPSA) is 32.8 Å². The summed E-state index contributed by atoms with van der Waals surface area (Å²) in [7, 11) is 0. The van der Waals surface area contributed by atoms with Crippen molar-refractivity contribution in [2.45, 2.75) is 64.5 Å². The van der Waals surface area contributed by atoms with Gasteiger partial charge in [-0.2, -0.15) is 0 Å². The first-order chi connectivity index (χ1) is 8.96. The third kappa shape index (κ3) is 4.37. The summed E-state index contributed by atoms with van der Waals surface area (Å²) in [6.07, 6.45) is 6.66. The standard InChI is InChI=1S/C15H28N2O2/c1-15(2,3)19-14(18)17-11-9-16(10-12-17)13-7-5-4-6-8-13/h13H,4-12H2,1-3H3. The number of hydrogen-bond donors (Lipinski definition) is 0. The van der Waals surface area contributed by atoms with Gasteiger partial charge in [-0.25, -0.2) is 4.79 Å². The molecule has 2 rings (SSSR count). The van der Waals surface area contributed by atoms with E-state index in [4.69, 9.17) is 4.74 Å². The van der Waals surface area contributed by atoms with Crippen LogP contribution in [-0.4, -0.2) is 53.7 Å². The lowest BCUT2D eigenvalue weighted by molar-refractivity contribution is 0.00824. The molecule has 1 amide bonds. The molecule has 0 aromatic rings. The van der Waals surface area contributed by atoms with E-state index in [1.54, 1.807) is 0 Å². The number of nitrogens with zero attached hydrogens (tertiary/aromatic N) is 2. The number of ether oxygens (including phenoxy) is 1. The first kappa shape index (κ1) is 14.6. The van der Waals surface area contributed by atoms with E-state index in [0.29, 0.717) is 0 Å². The maximum atomic E-state index is 12.0. The monoisotopic (exact) mass is 268 g/mol. The molecule has 110 valence electrons. The summed E-state index contributed by atoms with van der Waals surface area (Å²) < 4.78 is 5.43. The van der Waals surface area contributed by atoms with Gasteiger partial charge in [-0.05, 0) is 33.6 Å². The molecule has 0 spiro atoms. The largest absolute Gasteiger partial charge is 0.444 e. The molecule has 2 fully saturated rings. The third-order valence-corrected chi connectivity index (χ3v) is 4.06. The molecule has 0 unspecified atom stereocenters.